The molecule has 0 bridgehead atoms. The third-order valence-electron chi connectivity index (χ3n) is 2.12. The molecule has 0 amide bonds. The molecule has 0 fully saturated rings. The first-order chi connectivity index (χ1) is 7.49. The topological polar surface area (TPSA) is 86.9 Å². The van der Waals surface area contributed by atoms with E-state index in [1.807, 2.05) is 6.92 Å². The average Bonchev–Trinajstić information content (AvgIpc) is 2.56. The molecular formula is C9H18N4O2S. The summed E-state index contributed by atoms with van der Waals surface area (Å²) in [5, 5.41) is 3.20. The Bertz CT molecular complexity index is 413. The highest BCUT2D eigenvalue weighted by molar-refractivity contribution is 7.88. The minimum atomic E-state index is -3.06. The number of aromatic amines is 1. The number of hydrogen-bond donors (Lipinski definition) is 3. The van der Waals surface area contributed by atoms with E-state index in [-0.39, 0.29) is 0 Å². The van der Waals surface area contributed by atoms with Crippen molar-refractivity contribution in [3.05, 3.63) is 17.7 Å². The van der Waals surface area contributed by atoms with Crippen molar-refractivity contribution in [1.82, 2.24) is 20.0 Å². The first-order valence-electron chi connectivity index (χ1n) is 5.13. The van der Waals surface area contributed by atoms with Gasteiger partial charge in [-0.05, 0) is 19.9 Å². The fraction of sp³-hybridized carbons (Fsp3) is 0.667. The fourth-order valence-electron chi connectivity index (χ4n) is 1.24. The van der Waals surface area contributed by atoms with Crippen LogP contribution in [0, 0.1) is 6.92 Å². The lowest BCUT2D eigenvalue weighted by Gasteiger charge is -2.04. The van der Waals surface area contributed by atoms with Crippen molar-refractivity contribution in [3.8, 4) is 0 Å². The summed E-state index contributed by atoms with van der Waals surface area (Å²) in [6.07, 6.45) is 3.58. The van der Waals surface area contributed by atoms with E-state index < -0.39 is 10.0 Å². The van der Waals surface area contributed by atoms with Gasteiger partial charge in [0.15, 0.2) is 0 Å². The highest BCUT2D eigenvalue weighted by Crippen LogP contribution is 1.98. The van der Waals surface area contributed by atoms with Crippen LogP contribution in [0.2, 0.25) is 0 Å². The molecule has 0 spiro atoms. The van der Waals surface area contributed by atoms with Gasteiger partial charge in [-0.1, -0.05) is 0 Å². The quantitative estimate of drug-likeness (QED) is 0.579. The van der Waals surface area contributed by atoms with Crippen LogP contribution in [-0.4, -0.2) is 37.7 Å². The van der Waals surface area contributed by atoms with Crippen LogP contribution in [0.25, 0.3) is 0 Å². The van der Waals surface area contributed by atoms with Gasteiger partial charge in [-0.25, -0.2) is 18.1 Å². The van der Waals surface area contributed by atoms with Crippen molar-refractivity contribution in [3.63, 3.8) is 0 Å². The van der Waals surface area contributed by atoms with Gasteiger partial charge in [0.1, 0.15) is 0 Å². The first-order valence-corrected chi connectivity index (χ1v) is 7.02. The predicted octanol–water partition coefficient (Wildman–Crippen LogP) is -0.253. The van der Waals surface area contributed by atoms with Gasteiger partial charge >= 0.3 is 0 Å². The Morgan fingerprint density at radius 2 is 2.19 bits per heavy atom. The fourth-order valence-corrected chi connectivity index (χ4v) is 1.76. The van der Waals surface area contributed by atoms with Crippen LogP contribution in [0.1, 0.15) is 17.8 Å². The number of rotatable bonds is 7. The van der Waals surface area contributed by atoms with Gasteiger partial charge in [-0.3, -0.25) is 0 Å². The lowest BCUT2D eigenvalue weighted by molar-refractivity contribution is 0.578. The number of sulfonamides is 1. The summed E-state index contributed by atoms with van der Waals surface area (Å²) >= 11 is 0. The molecule has 1 heterocycles. The Kier molecular flexibility index (Phi) is 4.91. The largest absolute Gasteiger partial charge is 0.348 e. The summed E-state index contributed by atoms with van der Waals surface area (Å²) in [7, 11) is -3.06. The monoisotopic (exact) mass is 246 g/mol. The van der Waals surface area contributed by atoms with Crippen LogP contribution in [-0.2, 0) is 16.6 Å². The Morgan fingerprint density at radius 3 is 2.75 bits per heavy atom. The molecule has 0 saturated carbocycles. The van der Waals surface area contributed by atoms with Gasteiger partial charge in [0, 0.05) is 18.8 Å². The van der Waals surface area contributed by atoms with E-state index in [0.717, 1.165) is 30.6 Å². The maximum Gasteiger partial charge on any atom is 0.208 e. The van der Waals surface area contributed by atoms with Crippen molar-refractivity contribution in [2.75, 3.05) is 19.3 Å². The number of nitrogens with zero attached hydrogens (tertiary/aromatic N) is 1. The maximum atomic E-state index is 10.7. The molecule has 0 aliphatic carbocycles. The lowest BCUT2D eigenvalue weighted by atomic mass is 10.3. The zero-order valence-corrected chi connectivity index (χ0v) is 10.4. The lowest BCUT2D eigenvalue weighted by Crippen LogP contribution is -2.26. The number of hydrogen-bond acceptors (Lipinski definition) is 4. The number of aromatic nitrogens is 2. The van der Waals surface area contributed by atoms with Gasteiger partial charge in [-0.2, -0.15) is 0 Å². The second kappa shape index (κ2) is 5.97. The van der Waals surface area contributed by atoms with E-state index in [0.29, 0.717) is 13.1 Å². The second-order valence-electron chi connectivity index (χ2n) is 3.67. The number of aryl methyl sites for hydroxylation is 1. The van der Waals surface area contributed by atoms with Crippen LogP contribution in [0.15, 0.2) is 6.33 Å². The highest BCUT2D eigenvalue weighted by Gasteiger charge is 2.00. The normalized spacial score (nSPS) is 11.9. The van der Waals surface area contributed by atoms with E-state index >= 15 is 0 Å². The van der Waals surface area contributed by atoms with Crippen LogP contribution < -0.4 is 10.0 Å². The summed E-state index contributed by atoms with van der Waals surface area (Å²) < 4.78 is 23.9. The van der Waals surface area contributed by atoms with Gasteiger partial charge in [0.05, 0.1) is 18.3 Å². The second-order valence-corrected chi connectivity index (χ2v) is 5.50. The van der Waals surface area contributed by atoms with Crippen molar-refractivity contribution in [2.45, 2.75) is 19.9 Å². The summed E-state index contributed by atoms with van der Waals surface area (Å²) in [5.74, 6) is 0. The molecule has 0 aliphatic rings. The van der Waals surface area contributed by atoms with E-state index in [1.165, 1.54) is 0 Å². The molecule has 1 aromatic rings. The van der Waals surface area contributed by atoms with E-state index in [4.69, 9.17) is 0 Å². The summed E-state index contributed by atoms with van der Waals surface area (Å²) in [6.45, 7) is 3.89. The Balaban J connectivity index is 2.07. The Morgan fingerprint density at radius 1 is 1.44 bits per heavy atom. The zero-order valence-electron chi connectivity index (χ0n) is 9.58. The van der Waals surface area contributed by atoms with Gasteiger partial charge in [0.2, 0.25) is 10.0 Å². The average molecular weight is 246 g/mol. The third kappa shape index (κ3) is 5.24. The SMILES string of the molecule is Cc1[nH]cnc1CNCCCNS(C)(=O)=O. The van der Waals surface area contributed by atoms with E-state index in [1.54, 1.807) is 6.33 Å². The van der Waals surface area contributed by atoms with E-state index in [2.05, 4.69) is 20.0 Å². The molecule has 0 aromatic carbocycles. The van der Waals surface area contributed by atoms with Crippen molar-refractivity contribution < 1.29 is 8.42 Å². The Hall–Kier alpha value is -0.920. The molecule has 0 aliphatic heterocycles. The number of nitrogens with one attached hydrogen (secondary N) is 3. The molecule has 3 N–H and O–H groups in total. The van der Waals surface area contributed by atoms with Crippen LogP contribution in [0.3, 0.4) is 0 Å². The third-order valence-corrected chi connectivity index (χ3v) is 2.85. The van der Waals surface area contributed by atoms with E-state index in [9.17, 15) is 8.42 Å². The van der Waals surface area contributed by atoms with Crippen molar-refractivity contribution >= 4 is 10.0 Å². The minimum Gasteiger partial charge on any atom is -0.348 e. The van der Waals surface area contributed by atoms with Crippen molar-refractivity contribution in [1.29, 1.82) is 0 Å². The summed E-state index contributed by atoms with van der Waals surface area (Å²) in [4.78, 5) is 7.14. The Labute approximate surface area is 95.9 Å². The molecule has 16 heavy (non-hydrogen) atoms. The molecule has 0 radical (unpaired) electrons. The van der Waals surface area contributed by atoms with Crippen LogP contribution in [0.4, 0.5) is 0 Å². The first kappa shape index (κ1) is 13.1. The molecule has 1 rings (SSSR count). The highest BCUT2D eigenvalue weighted by atomic mass is 32.2. The van der Waals surface area contributed by atoms with Crippen molar-refractivity contribution in [2.24, 2.45) is 0 Å². The maximum absolute atomic E-state index is 10.7. The molecule has 1 aromatic heterocycles. The van der Waals surface area contributed by atoms with Gasteiger partial charge in [-0.15, -0.1) is 0 Å². The minimum absolute atomic E-state index is 0.464. The van der Waals surface area contributed by atoms with Gasteiger partial charge < -0.3 is 10.3 Å². The molecule has 6 nitrogen and oxygen atoms in total. The van der Waals surface area contributed by atoms with Crippen LogP contribution >= 0.6 is 0 Å². The standard InChI is InChI=1S/C9H18N4O2S/c1-8-9(12-7-11-8)6-10-4-3-5-13-16(2,14)15/h7,10,13H,3-6H2,1-2H3,(H,11,12). The summed E-state index contributed by atoms with van der Waals surface area (Å²) in [5.41, 5.74) is 2.05. The number of imidazole rings is 1. The smallest absolute Gasteiger partial charge is 0.208 e. The molecule has 0 atom stereocenters. The van der Waals surface area contributed by atoms with Gasteiger partial charge in [0.25, 0.3) is 0 Å². The molecular weight excluding hydrogens is 228 g/mol. The molecule has 0 unspecified atom stereocenters. The number of H-pyrrole nitrogens is 1. The summed E-state index contributed by atoms with van der Waals surface area (Å²) in [6, 6.07) is 0. The van der Waals surface area contributed by atoms with Crippen LogP contribution in [0.5, 0.6) is 0 Å². The molecule has 7 heteroatoms. The predicted molar refractivity (Wildman–Crippen MR) is 62.5 cm³/mol. The molecule has 0 saturated heterocycles. The zero-order chi connectivity index (χ0) is 12.0. The molecule has 92 valence electrons.